The van der Waals surface area contributed by atoms with Crippen LogP contribution in [0.4, 0.5) is 0 Å². The first kappa shape index (κ1) is 20.9. The lowest BCUT2D eigenvalue weighted by atomic mass is 9.97. The summed E-state index contributed by atoms with van der Waals surface area (Å²) < 4.78 is 5.04. The van der Waals surface area contributed by atoms with Gasteiger partial charge in [0.25, 0.3) is 11.5 Å². The number of carbonyl (C=O) groups is 2. The van der Waals surface area contributed by atoms with Gasteiger partial charge in [-0.2, -0.15) is 0 Å². The van der Waals surface area contributed by atoms with Crippen LogP contribution in [0.25, 0.3) is 10.2 Å². The fraction of sp³-hybridized carbons (Fsp3) is 0.579. The van der Waals surface area contributed by atoms with Crippen molar-refractivity contribution in [2.75, 3.05) is 13.2 Å². The number of ether oxygens (including phenoxy) is 1. The van der Waals surface area contributed by atoms with E-state index in [2.05, 4.69) is 15.3 Å². The Labute approximate surface area is 171 Å². The molecule has 1 aliphatic rings. The van der Waals surface area contributed by atoms with Crippen molar-refractivity contribution >= 4 is 45.2 Å². The maximum atomic E-state index is 12.5. The molecule has 2 N–H and O–H groups in total. The molecule has 0 saturated heterocycles. The minimum atomic E-state index is -0.462. The quantitative estimate of drug-likeness (QED) is 0.633. The Morgan fingerprint density at radius 2 is 2.14 bits per heavy atom. The van der Waals surface area contributed by atoms with Crippen molar-refractivity contribution in [3.8, 4) is 0 Å². The van der Waals surface area contributed by atoms with Gasteiger partial charge in [-0.3, -0.25) is 14.4 Å². The van der Waals surface area contributed by atoms with Crippen LogP contribution < -0.4 is 10.9 Å². The maximum absolute atomic E-state index is 12.5. The predicted molar refractivity (Wildman–Crippen MR) is 112 cm³/mol. The first-order valence-electron chi connectivity index (χ1n) is 9.58. The third-order valence-electron chi connectivity index (χ3n) is 4.59. The summed E-state index contributed by atoms with van der Waals surface area (Å²) in [6.07, 6.45) is 5.08. The fourth-order valence-electron chi connectivity index (χ4n) is 3.12. The lowest BCUT2D eigenvalue weighted by Gasteiger charge is -2.11. The molecule has 9 heteroatoms. The molecular formula is C19H25N3O4S2. The van der Waals surface area contributed by atoms with E-state index in [4.69, 9.17) is 4.74 Å². The molecule has 2 aromatic heterocycles. The number of esters is 1. The molecule has 2 heterocycles. The topological polar surface area (TPSA) is 101 Å². The number of thioether (sulfide) groups is 1. The van der Waals surface area contributed by atoms with Crippen molar-refractivity contribution in [3.63, 3.8) is 0 Å². The largest absolute Gasteiger partial charge is 0.455 e. The lowest BCUT2D eigenvalue weighted by molar-refractivity contribution is -0.147. The number of nitrogens with zero attached hydrogens (tertiary/aromatic N) is 1. The average molecular weight is 424 g/mol. The van der Waals surface area contributed by atoms with Crippen molar-refractivity contribution in [3.05, 3.63) is 26.6 Å². The summed E-state index contributed by atoms with van der Waals surface area (Å²) in [5.41, 5.74) is 1.07. The summed E-state index contributed by atoms with van der Waals surface area (Å²) in [5, 5.41) is 2.93. The van der Waals surface area contributed by atoms with E-state index in [1.165, 1.54) is 16.6 Å². The molecule has 3 rings (SSSR count). The number of aromatic amines is 1. The Hall–Kier alpha value is -1.87. The van der Waals surface area contributed by atoms with Crippen LogP contribution in [0.3, 0.4) is 0 Å². The van der Waals surface area contributed by atoms with Gasteiger partial charge in [-0.15, -0.1) is 23.1 Å². The molecule has 0 radical (unpaired) electrons. The second-order valence-electron chi connectivity index (χ2n) is 6.81. The van der Waals surface area contributed by atoms with Gasteiger partial charge in [-0.25, -0.2) is 4.98 Å². The monoisotopic (exact) mass is 423 g/mol. The van der Waals surface area contributed by atoms with Crippen LogP contribution in [0.2, 0.25) is 0 Å². The number of carbonyl (C=O) groups excluding carboxylic acids is 2. The first-order chi connectivity index (χ1) is 13.5. The molecule has 0 bridgehead atoms. The van der Waals surface area contributed by atoms with E-state index in [-0.39, 0.29) is 18.1 Å². The van der Waals surface area contributed by atoms with E-state index >= 15 is 0 Å². The molecule has 0 saturated carbocycles. The summed E-state index contributed by atoms with van der Waals surface area (Å²) in [4.78, 5) is 45.6. The number of aryl methyl sites for hydroxylation is 2. The third kappa shape index (κ3) is 4.94. The zero-order valence-electron chi connectivity index (χ0n) is 16.1. The van der Waals surface area contributed by atoms with Gasteiger partial charge in [0, 0.05) is 11.4 Å². The molecule has 152 valence electrons. The highest BCUT2D eigenvalue weighted by Gasteiger charge is 2.21. The van der Waals surface area contributed by atoms with Crippen LogP contribution in [0.15, 0.2) is 4.79 Å². The normalized spacial score (nSPS) is 14.5. The number of rotatable bonds is 8. The van der Waals surface area contributed by atoms with Crippen molar-refractivity contribution < 1.29 is 14.3 Å². The van der Waals surface area contributed by atoms with Gasteiger partial charge in [-0.05, 0) is 44.6 Å². The van der Waals surface area contributed by atoms with Crippen molar-refractivity contribution in [1.29, 1.82) is 0 Å². The maximum Gasteiger partial charge on any atom is 0.319 e. The molecular weight excluding hydrogens is 398 g/mol. The Bertz CT molecular complexity index is 922. The minimum absolute atomic E-state index is 0.0946. The molecule has 28 heavy (non-hydrogen) atoms. The van der Waals surface area contributed by atoms with Crippen LogP contribution in [-0.4, -0.2) is 40.2 Å². The summed E-state index contributed by atoms with van der Waals surface area (Å²) >= 11 is 2.93. The number of hydrogen-bond acceptors (Lipinski definition) is 7. The molecule has 0 fully saturated rings. The number of H-pyrrole nitrogens is 1. The molecule has 1 amide bonds. The summed E-state index contributed by atoms with van der Waals surface area (Å²) in [5.74, 6) is 0.199. The number of fused-ring (bicyclic) bond motifs is 3. The Morgan fingerprint density at radius 1 is 1.36 bits per heavy atom. The number of thiophene rings is 1. The van der Waals surface area contributed by atoms with Gasteiger partial charge in [0.15, 0.2) is 6.61 Å². The average Bonchev–Trinajstić information content (AvgIpc) is 3.07. The highest BCUT2D eigenvalue weighted by atomic mass is 32.2. The van der Waals surface area contributed by atoms with Crippen LogP contribution in [0.1, 0.15) is 49.4 Å². The van der Waals surface area contributed by atoms with Crippen LogP contribution >= 0.6 is 23.1 Å². The second-order valence-corrected chi connectivity index (χ2v) is 9.23. The standard InChI is InChI=1S/C19H25N3O4S2/c1-3-8-20-15(23)9-26-19(25)11(2)27-10-14-21-17(24)16-12-6-4-5-7-13(12)28-18(16)22-14/h11H,3-10H2,1-2H3,(H,20,23)(H,21,22,24)/t11-/m1/s1. The highest BCUT2D eigenvalue weighted by molar-refractivity contribution is 7.99. The molecule has 1 aliphatic carbocycles. The Balaban J connectivity index is 1.58. The number of amides is 1. The van der Waals surface area contributed by atoms with E-state index in [1.54, 1.807) is 18.3 Å². The van der Waals surface area contributed by atoms with Crippen LogP contribution in [0, 0.1) is 0 Å². The van der Waals surface area contributed by atoms with Crippen molar-refractivity contribution in [2.45, 2.75) is 57.0 Å². The van der Waals surface area contributed by atoms with Gasteiger partial charge < -0.3 is 15.0 Å². The SMILES string of the molecule is CCCNC(=O)COC(=O)[C@@H](C)SCc1nc2sc3c(c2c(=O)[nH]1)CCCC3. The van der Waals surface area contributed by atoms with Gasteiger partial charge in [0.1, 0.15) is 15.9 Å². The second kappa shape index (κ2) is 9.56. The lowest BCUT2D eigenvalue weighted by Crippen LogP contribution is -2.31. The van der Waals surface area contributed by atoms with Crippen molar-refractivity contribution in [1.82, 2.24) is 15.3 Å². The Morgan fingerprint density at radius 3 is 2.93 bits per heavy atom. The minimum Gasteiger partial charge on any atom is -0.455 e. The van der Waals surface area contributed by atoms with E-state index in [0.717, 1.165) is 47.9 Å². The van der Waals surface area contributed by atoms with Crippen molar-refractivity contribution in [2.24, 2.45) is 0 Å². The van der Waals surface area contributed by atoms with E-state index in [9.17, 15) is 14.4 Å². The van der Waals surface area contributed by atoms with E-state index < -0.39 is 11.2 Å². The zero-order valence-corrected chi connectivity index (χ0v) is 17.8. The van der Waals surface area contributed by atoms with Gasteiger partial charge >= 0.3 is 5.97 Å². The number of hydrogen-bond donors (Lipinski definition) is 2. The number of aromatic nitrogens is 2. The third-order valence-corrected chi connectivity index (χ3v) is 6.91. The molecule has 0 unspecified atom stereocenters. The van der Waals surface area contributed by atoms with Gasteiger partial charge in [-0.1, -0.05) is 6.92 Å². The fourth-order valence-corrected chi connectivity index (χ4v) is 5.15. The highest BCUT2D eigenvalue weighted by Crippen LogP contribution is 2.33. The van der Waals surface area contributed by atoms with Gasteiger partial charge in [0.2, 0.25) is 0 Å². The van der Waals surface area contributed by atoms with Crippen LogP contribution in [0.5, 0.6) is 0 Å². The van der Waals surface area contributed by atoms with E-state index in [0.29, 0.717) is 18.1 Å². The van der Waals surface area contributed by atoms with Crippen LogP contribution in [-0.2, 0) is 32.9 Å². The Kier molecular flexibility index (Phi) is 7.12. The molecule has 0 aliphatic heterocycles. The zero-order chi connectivity index (χ0) is 20.1. The summed E-state index contributed by atoms with van der Waals surface area (Å²) in [6, 6.07) is 0. The summed E-state index contributed by atoms with van der Waals surface area (Å²) in [6.45, 7) is 3.96. The predicted octanol–water partition coefficient (Wildman–Crippen LogP) is 2.55. The molecule has 0 aromatic carbocycles. The smallest absolute Gasteiger partial charge is 0.319 e. The van der Waals surface area contributed by atoms with E-state index in [1.807, 2.05) is 6.92 Å². The summed E-state index contributed by atoms with van der Waals surface area (Å²) in [7, 11) is 0. The molecule has 1 atom stereocenters. The van der Waals surface area contributed by atoms with Gasteiger partial charge in [0.05, 0.1) is 11.1 Å². The molecule has 2 aromatic rings. The number of nitrogens with one attached hydrogen (secondary N) is 2. The first-order valence-corrected chi connectivity index (χ1v) is 11.4. The molecule has 0 spiro atoms. The molecule has 7 nitrogen and oxygen atoms in total.